The summed E-state index contributed by atoms with van der Waals surface area (Å²) < 4.78 is 23.1. The highest BCUT2D eigenvalue weighted by atomic mass is 32.2. The van der Waals surface area contributed by atoms with Gasteiger partial charge in [-0.25, -0.2) is 23.0 Å². The van der Waals surface area contributed by atoms with Gasteiger partial charge in [0, 0.05) is 6.54 Å². The maximum absolute atomic E-state index is 10.9. The molecule has 8 nitrogen and oxygen atoms in total. The predicted octanol–water partition coefficient (Wildman–Crippen LogP) is -0.192. The van der Waals surface area contributed by atoms with E-state index in [-0.39, 0.29) is 17.7 Å². The molecule has 102 valence electrons. The van der Waals surface area contributed by atoms with Crippen LogP contribution in [0, 0.1) is 0 Å². The van der Waals surface area contributed by atoms with Crippen molar-refractivity contribution >= 4 is 27.0 Å². The molecule has 2 rings (SSSR count). The number of hydrogen-bond acceptors (Lipinski definition) is 5. The van der Waals surface area contributed by atoms with Gasteiger partial charge in [-0.05, 0) is 24.6 Å². The number of aromatic carboxylic acids is 1. The molecule has 0 aliphatic rings. The number of aromatic nitrogens is 3. The fourth-order valence-corrected chi connectivity index (χ4v) is 2.21. The van der Waals surface area contributed by atoms with Crippen LogP contribution in [0.4, 0.5) is 0 Å². The van der Waals surface area contributed by atoms with Crippen LogP contribution in [-0.4, -0.2) is 40.2 Å². The summed E-state index contributed by atoms with van der Waals surface area (Å²) in [6, 6.07) is 4.45. The van der Waals surface area contributed by atoms with Gasteiger partial charge in [-0.3, -0.25) is 0 Å². The first-order valence-corrected chi connectivity index (χ1v) is 7.15. The largest absolute Gasteiger partial charge is 0.478 e. The summed E-state index contributed by atoms with van der Waals surface area (Å²) in [4.78, 5) is 10.9. The Morgan fingerprint density at radius 1 is 1.42 bits per heavy atom. The second-order valence-corrected chi connectivity index (χ2v) is 5.78. The smallest absolute Gasteiger partial charge is 0.335 e. The van der Waals surface area contributed by atoms with E-state index < -0.39 is 16.0 Å². The average Bonchev–Trinajstić information content (AvgIpc) is 2.70. The van der Waals surface area contributed by atoms with Crippen molar-refractivity contribution in [1.29, 1.82) is 0 Å². The molecule has 0 bridgehead atoms. The predicted molar refractivity (Wildman–Crippen MR) is 67.1 cm³/mol. The van der Waals surface area contributed by atoms with Gasteiger partial charge in [0.2, 0.25) is 10.0 Å². The normalized spacial score (nSPS) is 11.8. The summed E-state index contributed by atoms with van der Waals surface area (Å²) in [6.07, 6.45) is 0.286. The third-order valence-electron chi connectivity index (χ3n) is 2.56. The lowest BCUT2D eigenvalue weighted by atomic mass is 10.2. The lowest BCUT2D eigenvalue weighted by Gasteiger charge is -2.02. The topological polar surface area (TPSA) is 128 Å². The van der Waals surface area contributed by atoms with Gasteiger partial charge in [-0.15, -0.1) is 5.10 Å². The maximum Gasteiger partial charge on any atom is 0.335 e. The highest BCUT2D eigenvalue weighted by Crippen LogP contribution is 2.14. The van der Waals surface area contributed by atoms with Crippen molar-refractivity contribution in [3.8, 4) is 0 Å². The standard InChI is InChI=1S/C10H12N4O4S/c11-19(17,18)5-1-4-14-9-6-7(10(15)16)2-3-8(9)12-13-14/h2-3,6H,1,4-5H2,(H,15,16)(H2,11,17,18). The van der Waals surface area contributed by atoms with Crippen LogP contribution in [0.1, 0.15) is 16.8 Å². The molecule has 1 heterocycles. The molecule has 0 unspecified atom stereocenters. The number of rotatable bonds is 5. The number of carboxylic acid groups (broad SMARTS) is 1. The molecule has 0 aliphatic heterocycles. The van der Waals surface area contributed by atoms with Crippen LogP contribution in [0.3, 0.4) is 0 Å². The van der Waals surface area contributed by atoms with Crippen LogP contribution in [0.2, 0.25) is 0 Å². The zero-order valence-corrected chi connectivity index (χ0v) is 10.7. The third-order valence-corrected chi connectivity index (χ3v) is 3.42. The number of carboxylic acids is 1. The Hall–Kier alpha value is -2.00. The second-order valence-electron chi connectivity index (χ2n) is 4.04. The minimum Gasteiger partial charge on any atom is -0.478 e. The molecule has 0 fully saturated rings. The van der Waals surface area contributed by atoms with Crippen LogP contribution in [0.5, 0.6) is 0 Å². The van der Waals surface area contributed by atoms with E-state index in [1.165, 1.54) is 16.8 Å². The molecule has 0 aliphatic carbocycles. The monoisotopic (exact) mass is 284 g/mol. The quantitative estimate of drug-likeness (QED) is 0.783. The van der Waals surface area contributed by atoms with E-state index in [2.05, 4.69) is 10.3 Å². The van der Waals surface area contributed by atoms with Crippen molar-refractivity contribution < 1.29 is 18.3 Å². The molecule has 1 aromatic heterocycles. The number of sulfonamides is 1. The van der Waals surface area contributed by atoms with Crippen molar-refractivity contribution in [2.24, 2.45) is 5.14 Å². The fourth-order valence-electron chi connectivity index (χ4n) is 1.68. The van der Waals surface area contributed by atoms with E-state index >= 15 is 0 Å². The molecule has 9 heteroatoms. The Labute approximate surface area is 108 Å². The Balaban J connectivity index is 2.23. The van der Waals surface area contributed by atoms with Gasteiger partial charge in [0.1, 0.15) is 5.52 Å². The lowest BCUT2D eigenvalue weighted by Crippen LogP contribution is -2.18. The number of benzene rings is 1. The number of primary sulfonamides is 1. The summed E-state index contributed by atoms with van der Waals surface area (Å²) in [5.41, 5.74) is 1.23. The van der Waals surface area contributed by atoms with Crippen LogP contribution in [0.25, 0.3) is 11.0 Å². The van der Waals surface area contributed by atoms with Gasteiger partial charge in [-0.1, -0.05) is 5.21 Å². The molecule has 0 saturated carbocycles. The highest BCUT2D eigenvalue weighted by Gasteiger charge is 2.10. The summed E-state index contributed by atoms with van der Waals surface area (Å²) in [5.74, 6) is -1.20. The maximum atomic E-state index is 10.9. The SMILES string of the molecule is NS(=O)(=O)CCCn1nnc2ccc(C(=O)O)cc21. The Kier molecular flexibility index (Phi) is 3.49. The zero-order chi connectivity index (χ0) is 14.0. The molecular weight excluding hydrogens is 272 g/mol. The van der Waals surface area contributed by atoms with E-state index in [0.717, 1.165) is 0 Å². The molecule has 3 N–H and O–H groups in total. The molecule has 0 saturated heterocycles. The molecule has 1 aromatic carbocycles. The number of carbonyl (C=O) groups is 1. The van der Waals surface area contributed by atoms with Crippen LogP contribution in [0.15, 0.2) is 18.2 Å². The van der Waals surface area contributed by atoms with Crippen molar-refractivity contribution in [2.45, 2.75) is 13.0 Å². The first-order chi connectivity index (χ1) is 8.87. The number of aryl methyl sites for hydroxylation is 1. The van der Waals surface area contributed by atoms with Crippen LogP contribution < -0.4 is 5.14 Å². The molecule has 2 aromatic rings. The molecule has 0 amide bonds. The molecule has 19 heavy (non-hydrogen) atoms. The summed E-state index contributed by atoms with van der Waals surface area (Å²) in [6.45, 7) is 0.302. The first kappa shape index (κ1) is 13.4. The number of fused-ring (bicyclic) bond motifs is 1. The molecular formula is C10H12N4O4S. The van der Waals surface area contributed by atoms with Gasteiger partial charge in [0.15, 0.2) is 0 Å². The van der Waals surface area contributed by atoms with Crippen molar-refractivity contribution in [1.82, 2.24) is 15.0 Å². The van der Waals surface area contributed by atoms with Crippen LogP contribution >= 0.6 is 0 Å². The lowest BCUT2D eigenvalue weighted by molar-refractivity contribution is 0.0697. The summed E-state index contributed by atoms with van der Waals surface area (Å²) >= 11 is 0. The minimum absolute atomic E-state index is 0.127. The second kappa shape index (κ2) is 4.94. The number of nitrogens with zero attached hydrogens (tertiary/aromatic N) is 3. The molecule has 0 spiro atoms. The Bertz CT molecular complexity index is 722. The Morgan fingerprint density at radius 2 is 2.16 bits per heavy atom. The van der Waals surface area contributed by atoms with Crippen molar-refractivity contribution in [3.63, 3.8) is 0 Å². The van der Waals surface area contributed by atoms with E-state index in [1.807, 2.05) is 0 Å². The van der Waals surface area contributed by atoms with Gasteiger partial charge < -0.3 is 5.11 Å². The minimum atomic E-state index is -3.51. The Morgan fingerprint density at radius 3 is 2.79 bits per heavy atom. The third kappa shape index (κ3) is 3.26. The van der Waals surface area contributed by atoms with Gasteiger partial charge in [-0.2, -0.15) is 0 Å². The van der Waals surface area contributed by atoms with E-state index in [1.54, 1.807) is 6.07 Å². The van der Waals surface area contributed by atoms with E-state index in [9.17, 15) is 13.2 Å². The highest BCUT2D eigenvalue weighted by molar-refractivity contribution is 7.89. The van der Waals surface area contributed by atoms with E-state index in [0.29, 0.717) is 17.6 Å². The van der Waals surface area contributed by atoms with Gasteiger partial charge in [0.25, 0.3) is 0 Å². The summed E-state index contributed by atoms with van der Waals surface area (Å²) in [5, 5.41) is 21.5. The van der Waals surface area contributed by atoms with E-state index in [4.69, 9.17) is 10.2 Å². The molecule has 0 radical (unpaired) electrons. The molecule has 0 atom stereocenters. The summed E-state index contributed by atoms with van der Waals surface area (Å²) in [7, 11) is -3.51. The van der Waals surface area contributed by atoms with Crippen LogP contribution in [-0.2, 0) is 16.6 Å². The first-order valence-electron chi connectivity index (χ1n) is 5.44. The van der Waals surface area contributed by atoms with Gasteiger partial charge >= 0.3 is 5.97 Å². The van der Waals surface area contributed by atoms with Gasteiger partial charge in [0.05, 0.1) is 16.8 Å². The average molecular weight is 284 g/mol. The number of nitrogens with two attached hydrogens (primary N) is 1. The fraction of sp³-hybridized carbons (Fsp3) is 0.300. The van der Waals surface area contributed by atoms with Crippen molar-refractivity contribution in [3.05, 3.63) is 23.8 Å². The zero-order valence-electron chi connectivity index (χ0n) is 9.85. The van der Waals surface area contributed by atoms with Crippen molar-refractivity contribution in [2.75, 3.05) is 5.75 Å². The number of hydrogen-bond donors (Lipinski definition) is 2.